The average Bonchev–Trinajstić information content (AvgIpc) is 3.25. The number of rotatable bonds is 6. The Morgan fingerprint density at radius 2 is 1.89 bits per heavy atom. The second-order valence-corrected chi connectivity index (χ2v) is 11.5. The van der Waals surface area contributed by atoms with Gasteiger partial charge in [0.2, 0.25) is 0 Å². The number of fused-ring (bicyclic) bond motifs is 1. The Morgan fingerprint density at radius 1 is 1.16 bits per heavy atom. The van der Waals surface area contributed by atoms with Crippen LogP contribution in [0.25, 0.3) is 22.4 Å². The first-order chi connectivity index (χ1) is 18.1. The maximum absolute atomic E-state index is 14.7. The van der Waals surface area contributed by atoms with E-state index in [4.69, 9.17) is 16.7 Å². The highest BCUT2D eigenvalue weighted by Crippen LogP contribution is 2.33. The fourth-order valence-corrected chi connectivity index (χ4v) is 6.14. The third-order valence-corrected chi connectivity index (χ3v) is 8.35. The summed E-state index contributed by atoms with van der Waals surface area (Å²) >= 11 is 6.19. The molecule has 3 heterocycles. The Bertz CT molecular complexity index is 1630. The molecule has 1 fully saturated rings. The normalized spacial score (nSPS) is 17.9. The van der Waals surface area contributed by atoms with Gasteiger partial charge in [0, 0.05) is 35.4 Å². The summed E-state index contributed by atoms with van der Waals surface area (Å²) in [4.78, 5) is 23.8. The molecule has 1 aromatic carbocycles. The van der Waals surface area contributed by atoms with E-state index in [1.54, 1.807) is 18.2 Å². The fraction of sp³-hybridized carbons (Fsp3) is 0.280. The molecular formula is C25H24ClFN6O4S. The Labute approximate surface area is 223 Å². The molecule has 10 nitrogen and oxygen atoms in total. The van der Waals surface area contributed by atoms with Crippen molar-refractivity contribution in [2.75, 3.05) is 5.32 Å². The Hall–Kier alpha value is -3.77. The Kier molecular flexibility index (Phi) is 6.93. The lowest BCUT2D eigenvalue weighted by molar-refractivity contribution is 0.185. The molecule has 198 valence electrons. The SMILES string of the molecule is Cc1ccc(S(=O)(=O)n2cc(-c3ncc(F)c(N[C@@H]4CCC[C@@H](NC(=O)O)C4)n3)c3cc(Cl)cnc32)cc1. The molecule has 3 N–H and O–H groups in total. The maximum atomic E-state index is 14.7. The average molecular weight is 559 g/mol. The van der Waals surface area contributed by atoms with Crippen LogP contribution in [0.3, 0.4) is 0 Å². The molecule has 1 aliphatic carbocycles. The van der Waals surface area contributed by atoms with E-state index in [1.807, 2.05) is 6.92 Å². The molecule has 0 bridgehead atoms. The van der Waals surface area contributed by atoms with Crippen LogP contribution >= 0.6 is 11.6 Å². The summed E-state index contributed by atoms with van der Waals surface area (Å²) in [6.45, 7) is 1.86. The van der Waals surface area contributed by atoms with Gasteiger partial charge in [0.15, 0.2) is 23.1 Å². The second kappa shape index (κ2) is 10.2. The van der Waals surface area contributed by atoms with Crippen molar-refractivity contribution in [3.63, 3.8) is 0 Å². The third-order valence-electron chi connectivity index (χ3n) is 6.48. The van der Waals surface area contributed by atoms with Crippen molar-refractivity contribution in [2.45, 2.75) is 49.6 Å². The van der Waals surface area contributed by atoms with Gasteiger partial charge in [0.05, 0.1) is 16.1 Å². The van der Waals surface area contributed by atoms with Crippen molar-refractivity contribution in [3.05, 3.63) is 65.3 Å². The summed E-state index contributed by atoms with van der Waals surface area (Å²) in [5.74, 6) is -0.667. The van der Waals surface area contributed by atoms with E-state index in [0.29, 0.717) is 30.2 Å². The molecule has 0 saturated heterocycles. The van der Waals surface area contributed by atoms with E-state index in [2.05, 4.69) is 25.6 Å². The zero-order valence-electron chi connectivity index (χ0n) is 20.2. The van der Waals surface area contributed by atoms with Crippen LogP contribution in [0, 0.1) is 12.7 Å². The van der Waals surface area contributed by atoms with Crippen LogP contribution in [-0.4, -0.2) is 50.6 Å². The van der Waals surface area contributed by atoms with Crippen LogP contribution in [-0.2, 0) is 10.0 Å². The summed E-state index contributed by atoms with van der Waals surface area (Å²) in [5.41, 5.74) is 1.35. The van der Waals surface area contributed by atoms with Crippen LogP contribution in [0.4, 0.5) is 15.0 Å². The van der Waals surface area contributed by atoms with Crippen LogP contribution in [0.2, 0.25) is 5.02 Å². The monoisotopic (exact) mass is 558 g/mol. The number of aromatic nitrogens is 4. The predicted molar refractivity (Wildman–Crippen MR) is 140 cm³/mol. The van der Waals surface area contributed by atoms with Crippen molar-refractivity contribution in [3.8, 4) is 11.4 Å². The first-order valence-electron chi connectivity index (χ1n) is 11.9. The minimum Gasteiger partial charge on any atom is -0.465 e. The van der Waals surface area contributed by atoms with E-state index >= 15 is 0 Å². The molecule has 13 heteroatoms. The van der Waals surface area contributed by atoms with Gasteiger partial charge in [-0.1, -0.05) is 29.3 Å². The minimum absolute atomic E-state index is 0.0618. The van der Waals surface area contributed by atoms with Gasteiger partial charge in [-0.15, -0.1) is 0 Å². The van der Waals surface area contributed by atoms with E-state index in [0.717, 1.165) is 22.2 Å². The van der Waals surface area contributed by atoms with Crippen LogP contribution in [0.5, 0.6) is 0 Å². The molecule has 0 unspecified atom stereocenters. The molecule has 2 atom stereocenters. The smallest absolute Gasteiger partial charge is 0.404 e. The number of hydrogen-bond donors (Lipinski definition) is 3. The quantitative estimate of drug-likeness (QED) is 0.306. The summed E-state index contributed by atoms with van der Waals surface area (Å²) in [6.07, 6.45) is 5.25. The number of nitrogens with one attached hydrogen (secondary N) is 2. The van der Waals surface area contributed by atoms with Gasteiger partial charge in [-0.2, -0.15) is 0 Å². The van der Waals surface area contributed by atoms with Crippen molar-refractivity contribution in [2.24, 2.45) is 0 Å². The maximum Gasteiger partial charge on any atom is 0.404 e. The third kappa shape index (κ3) is 5.14. The minimum atomic E-state index is -4.03. The first kappa shape index (κ1) is 25.9. The van der Waals surface area contributed by atoms with Gasteiger partial charge in [-0.05, 0) is 50.8 Å². The lowest BCUT2D eigenvalue weighted by Crippen LogP contribution is -2.41. The largest absolute Gasteiger partial charge is 0.465 e. The highest BCUT2D eigenvalue weighted by atomic mass is 35.5. The fourth-order valence-electron chi connectivity index (χ4n) is 4.66. The lowest BCUT2D eigenvalue weighted by Gasteiger charge is -2.30. The number of amides is 1. The number of anilines is 1. The molecule has 0 spiro atoms. The van der Waals surface area contributed by atoms with Gasteiger partial charge in [0.25, 0.3) is 10.0 Å². The van der Waals surface area contributed by atoms with Crippen LogP contribution in [0.1, 0.15) is 31.2 Å². The van der Waals surface area contributed by atoms with E-state index in [9.17, 15) is 17.6 Å². The van der Waals surface area contributed by atoms with Crippen molar-refractivity contribution in [1.82, 2.24) is 24.2 Å². The standard InChI is InChI=1S/C25H24ClFN6O4S/c1-14-5-7-18(8-6-14)38(36,37)33-13-20(19-9-15(26)11-29-24(19)33)22-28-12-21(27)23(32-22)30-16-3-2-4-17(10-16)31-25(34)35/h5-9,11-13,16-17,31H,2-4,10H2,1H3,(H,34,35)(H,28,30,32)/t16-,17-/m1/s1. The zero-order valence-corrected chi connectivity index (χ0v) is 21.8. The van der Waals surface area contributed by atoms with Gasteiger partial charge in [0.1, 0.15) is 0 Å². The zero-order chi connectivity index (χ0) is 27.0. The molecule has 1 aliphatic rings. The molecule has 38 heavy (non-hydrogen) atoms. The Morgan fingerprint density at radius 3 is 2.63 bits per heavy atom. The van der Waals surface area contributed by atoms with Crippen LogP contribution < -0.4 is 10.6 Å². The number of carboxylic acid groups (broad SMARTS) is 1. The van der Waals surface area contributed by atoms with E-state index in [1.165, 1.54) is 24.5 Å². The number of nitrogens with zero attached hydrogens (tertiary/aromatic N) is 4. The second-order valence-electron chi connectivity index (χ2n) is 9.23. The summed E-state index contributed by atoms with van der Waals surface area (Å²) in [7, 11) is -4.03. The van der Waals surface area contributed by atoms with Gasteiger partial charge in [-0.3, -0.25) is 0 Å². The number of aryl methyl sites for hydroxylation is 1. The molecule has 5 rings (SSSR count). The molecular weight excluding hydrogens is 535 g/mol. The van der Waals surface area contributed by atoms with Gasteiger partial charge >= 0.3 is 6.09 Å². The molecule has 4 aromatic rings. The highest BCUT2D eigenvalue weighted by molar-refractivity contribution is 7.90. The van der Waals surface area contributed by atoms with Crippen molar-refractivity contribution in [1.29, 1.82) is 0 Å². The van der Waals surface area contributed by atoms with E-state index in [-0.39, 0.29) is 39.3 Å². The molecule has 1 saturated carbocycles. The van der Waals surface area contributed by atoms with Crippen molar-refractivity contribution >= 4 is 44.6 Å². The topological polar surface area (TPSA) is 139 Å². The van der Waals surface area contributed by atoms with Crippen molar-refractivity contribution < 1.29 is 22.7 Å². The number of benzene rings is 1. The first-order valence-corrected chi connectivity index (χ1v) is 13.7. The van der Waals surface area contributed by atoms with Gasteiger partial charge < -0.3 is 15.7 Å². The number of carbonyl (C=O) groups is 1. The molecule has 0 radical (unpaired) electrons. The molecule has 1 amide bonds. The van der Waals surface area contributed by atoms with Gasteiger partial charge in [-0.25, -0.2) is 36.5 Å². The van der Waals surface area contributed by atoms with Crippen LogP contribution in [0.15, 0.2) is 53.8 Å². The highest BCUT2D eigenvalue weighted by Gasteiger charge is 2.27. The Balaban J connectivity index is 1.54. The summed E-state index contributed by atoms with van der Waals surface area (Å²) in [5, 5.41) is 15.2. The predicted octanol–water partition coefficient (Wildman–Crippen LogP) is 4.82. The summed E-state index contributed by atoms with van der Waals surface area (Å²) < 4.78 is 42.8. The number of hydrogen-bond acceptors (Lipinski definition) is 7. The number of pyridine rings is 1. The molecule has 3 aromatic heterocycles. The lowest BCUT2D eigenvalue weighted by atomic mass is 9.91. The molecule has 0 aliphatic heterocycles. The number of halogens is 2. The van der Waals surface area contributed by atoms with E-state index < -0.39 is 21.9 Å². The summed E-state index contributed by atoms with van der Waals surface area (Å²) in [6, 6.07) is 7.53.